The molecular formula is C14H8O3. The van der Waals surface area contributed by atoms with Crippen molar-refractivity contribution in [2.45, 2.75) is 0 Å². The molecule has 0 unspecified atom stereocenters. The summed E-state index contributed by atoms with van der Waals surface area (Å²) in [5, 5.41) is 0.868. The van der Waals surface area contributed by atoms with E-state index in [1.807, 2.05) is 30.3 Å². The summed E-state index contributed by atoms with van der Waals surface area (Å²) in [6, 6.07) is 11.5. The Bertz CT molecular complexity index is 724. The average Bonchev–Trinajstić information content (AvgIpc) is 2.93. The van der Waals surface area contributed by atoms with Gasteiger partial charge in [0, 0.05) is 5.56 Å². The van der Waals surface area contributed by atoms with Crippen molar-refractivity contribution in [3.05, 3.63) is 42.0 Å². The minimum atomic E-state index is 0.0319. The van der Waals surface area contributed by atoms with Gasteiger partial charge in [-0.05, 0) is 24.3 Å². The first-order chi connectivity index (χ1) is 8.33. The van der Waals surface area contributed by atoms with E-state index in [-0.39, 0.29) is 12.4 Å². The highest BCUT2D eigenvalue weighted by Crippen LogP contribution is 2.38. The van der Waals surface area contributed by atoms with E-state index in [4.69, 9.17) is 9.15 Å². The zero-order valence-corrected chi connectivity index (χ0v) is 8.90. The second kappa shape index (κ2) is 2.88. The van der Waals surface area contributed by atoms with Crippen molar-refractivity contribution in [1.29, 1.82) is 0 Å². The van der Waals surface area contributed by atoms with Crippen LogP contribution >= 0.6 is 0 Å². The zero-order chi connectivity index (χ0) is 11.4. The molecule has 0 saturated heterocycles. The average molecular weight is 224 g/mol. The van der Waals surface area contributed by atoms with Gasteiger partial charge in [0.1, 0.15) is 17.1 Å². The zero-order valence-electron chi connectivity index (χ0n) is 8.90. The topological polar surface area (TPSA) is 39.4 Å². The lowest BCUT2D eigenvalue weighted by atomic mass is 10.1. The van der Waals surface area contributed by atoms with Gasteiger partial charge in [-0.15, -0.1) is 0 Å². The molecule has 0 amide bonds. The van der Waals surface area contributed by atoms with Gasteiger partial charge in [-0.1, -0.05) is 12.1 Å². The number of carbonyl (C=O) groups excluding carboxylic acids is 1. The maximum atomic E-state index is 11.6. The van der Waals surface area contributed by atoms with E-state index in [1.165, 1.54) is 0 Å². The van der Waals surface area contributed by atoms with Gasteiger partial charge >= 0.3 is 0 Å². The lowest BCUT2D eigenvalue weighted by Gasteiger charge is -2.06. The largest absolute Gasteiger partial charge is 0.484 e. The minimum absolute atomic E-state index is 0.0319. The fraction of sp³-hybridized carbons (Fsp3) is 0.0714. The molecule has 1 aliphatic carbocycles. The molecule has 17 heavy (non-hydrogen) atoms. The van der Waals surface area contributed by atoms with E-state index in [0.717, 1.165) is 22.3 Å². The summed E-state index contributed by atoms with van der Waals surface area (Å²) in [5.74, 6) is 1.53. The molecule has 4 rings (SSSR count). The van der Waals surface area contributed by atoms with E-state index in [9.17, 15) is 4.79 Å². The van der Waals surface area contributed by atoms with E-state index in [0.29, 0.717) is 11.3 Å². The smallest absolute Gasteiger partial charge is 0.203 e. The standard InChI is InChI=1S/C14H8O3/c15-11-7-16-14-9(11)4-5-13-10(14)6-8-2-1-3-12(8)17-13/h1-6H,7H2. The summed E-state index contributed by atoms with van der Waals surface area (Å²) >= 11 is 0. The molecule has 3 heteroatoms. The highest BCUT2D eigenvalue weighted by Gasteiger charge is 2.24. The van der Waals surface area contributed by atoms with Gasteiger partial charge in [0.15, 0.2) is 6.61 Å². The monoisotopic (exact) mass is 224 g/mol. The number of fused-ring (bicyclic) bond motifs is 4. The molecule has 0 radical (unpaired) electrons. The molecule has 82 valence electrons. The van der Waals surface area contributed by atoms with Crippen molar-refractivity contribution in [2.24, 2.45) is 0 Å². The second-order valence-electron chi connectivity index (χ2n) is 4.16. The van der Waals surface area contributed by atoms with Crippen LogP contribution < -0.4 is 4.74 Å². The van der Waals surface area contributed by atoms with Gasteiger partial charge in [0.05, 0.1) is 10.9 Å². The van der Waals surface area contributed by atoms with Crippen LogP contribution in [-0.2, 0) is 0 Å². The number of benzene rings is 1. The number of hydrogen-bond acceptors (Lipinski definition) is 3. The van der Waals surface area contributed by atoms with Crippen LogP contribution in [0.5, 0.6) is 5.75 Å². The van der Waals surface area contributed by atoms with Gasteiger partial charge in [0.2, 0.25) is 5.78 Å². The van der Waals surface area contributed by atoms with Gasteiger partial charge in [0.25, 0.3) is 0 Å². The van der Waals surface area contributed by atoms with E-state index in [2.05, 4.69) is 0 Å². The molecule has 0 fully saturated rings. The third-order valence-corrected chi connectivity index (χ3v) is 3.13. The molecule has 0 aromatic heterocycles. The van der Waals surface area contributed by atoms with Crippen LogP contribution in [0.1, 0.15) is 10.4 Å². The highest BCUT2D eigenvalue weighted by molar-refractivity contribution is 6.07. The number of carbonyl (C=O) groups is 1. The van der Waals surface area contributed by atoms with Gasteiger partial charge in [-0.2, -0.15) is 0 Å². The molecule has 0 N–H and O–H groups in total. The van der Waals surface area contributed by atoms with E-state index < -0.39 is 0 Å². The summed E-state index contributed by atoms with van der Waals surface area (Å²) in [4.78, 5) is 11.6. The molecule has 0 saturated carbocycles. The summed E-state index contributed by atoms with van der Waals surface area (Å²) < 4.78 is 11.2. The molecule has 3 nitrogen and oxygen atoms in total. The minimum Gasteiger partial charge on any atom is -0.484 e. The molecule has 2 aliphatic heterocycles. The molecule has 3 aliphatic rings. The van der Waals surface area contributed by atoms with Crippen LogP contribution in [0.25, 0.3) is 22.3 Å². The van der Waals surface area contributed by atoms with E-state index >= 15 is 0 Å². The first-order valence-corrected chi connectivity index (χ1v) is 5.44. The Morgan fingerprint density at radius 2 is 2.06 bits per heavy atom. The molecule has 0 atom stereocenters. The normalized spacial score (nSPS) is 14.2. The fourth-order valence-corrected chi connectivity index (χ4v) is 2.30. The number of rotatable bonds is 0. The number of ketones is 1. The third kappa shape index (κ3) is 1.08. The summed E-state index contributed by atoms with van der Waals surface area (Å²) in [7, 11) is 0. The Kier molecular flexibility index (Phi) is 1.50. The predicted molar refractivity (Wildman–Crippen MR) is 62.7 cm³/mol. The maximum absolute atomic E-state index is 11.6. The van der Waals surface area contributed by atoms with Crippen molar-refractivity contribution in [2.75, 3.05) is 6.61 Å². The van der Waals surface area contributed by atoms with Crippen LogP contribution in [0.2, 0.25) is 0 Å². The van der Waals surface area contributed by atoms with Crippen LogP contribution in [0.15, 0.2) is 40.8 Å². The SMILES string of the molecule is O=C1COc2c1ccc1oc3cccc-3cc21. The second-order valence-corrected chi connectivity index (χ2v) is 4.16. The van der Waals surface area contributed by atoms with Crippen molar-refractivity contribution < 1.29 is 13.9 Å². The number of ether oxygens (including phenoxy) is 1. The van der Waals surface area contributed by atoms with Crippen LogP contribution in [0.4, 0.5) is 0 Å². The maximum Gasteiger partial charge on any atom is 0.203 e. The van der Waals surface area contributed by atoms with E-state index in [1.54, 1.807) is 6.07 Å². The molecule has 1 aromatic rings. The Balaban J connectivity index is 2.17. The number of Topliss-reactive ketones (excluding diaryl/α,β-unsaturated/α-hetero) is 1. The van der Waals surface area contributed by atoms with Gasteiger partial charge < -0.3 is 9.15 Å². The molecule has 0 spiro atoms. The van der Waals surface area contributed by atoms with Crippen LogP contribution in [-0.4, -0.2) is 12.4 Å². The fourth-order valence-electron chi connectivity index (χ4n) is 2.30. The molecule has 2 heterocycles. The van der Waals surface area contributed by atoms with Crippen LogP contribution in [0.3, 0.4) is 0 Å². The van der Waals surface area contributed by atoms with Gasteiger partial charge in [-0.25, -0.2) is 0 Å². The predicted octanol–water partition coefficient (Wildman–Crippen LogP) is 3.11. The Labute approximate surface area is 96.9 Å². The lowest BCUT2D eigenvalue weighted by molar-refractivity contribution is 0.0961. The van der Waals surface area contributed by atoms with Crippen molar-refractivity contribution in [3.63, 3.8) is 0 Å². The summed E-state index contributed by atoms with van der Waals surface area (Å²) in [6.07, 6.45) is 0. The van der Waals surface area contributed by atoms with Gasteiger partial charge in [-0.3, -0.25) is 4.79 Å². The first-order valence-electron chi connectivity index (χ1n) is 5.44. The Hall–Kier alpha value is -2.29. The Morgan fingerprint density at radius 3 is 3.00 bits per heavy atom. The van der Waals surface area contributed by atoms with Crippen molar-refractivity contribution >= 4 is 16.8 Å². The summed E-state index contributed by atoms with van der Waals surface area (Å²) in [5.41, 5.74) is 2.42. The van der Waals surface area contributed by atoms with Crippen molar-refractivity contribution in [1.82, 2.24) is 0 Å². The first kappa shape index (κ1) is 8.82. The lowest BCUT2D eigenvalue weighted by Crippen LogP contribution is -1.98. The Morgan fingerprint density at radius 1 is 1.12 bits per heavy atom. The summed E-state index contributed by atoms with van der Waals surface area (Å²) in [6.45, 7) is 0.132. The molecule has 1 aromatic carbocycles. The van der Waals surface area contributed by atoms with Crippen molar-refractivity contribution in [3.8, 4) is 17.1 Å². The molecule has 0 bridgehead atoms. The quantitative estimate of drug-likeness (QED) is 0.589. The highest BCUT2D eigenvalue weighted by atomic mass is 16.5. The molecular weight excluding hydrogens is 216 g/mol. The third-order valence-electron chi connectivity index (χ3n) is 3.13. The number of hydrogen-bond donors (Lipinski definition) is 0. The van der Waals surface area contributed by atoms with Crippen LogP contribution in [0, 0.1) is 0 Å².